The van der Waals surface area contributed by atoms with Gasteiger partial charge in [0.2, 0.25) is 0 Å². The van der Waals surface area contributed by atoms with Gasteiger partial charge in [-0.15, -0.1) is 0 Å². The van der Waals surface area contributed by atoms with E-state index < -0.39 is 0 Å². The summed E-state index contributed by atoms with van der Waals surface area (Å²) in [7, 11) is 0. The maximum atomic E-state index is 4.58. The van der Waals surface area contributed by atoms with Crippen LogP contribution in [0.2, 0.25) is 0 Å². The standard InChI is InChI=1S/C14H20BrN3/c15-12-5-6-14(16-11-12)18-10-9-17-7-1-3-13(18)4-2-8-17/h5-6,11,13H,1-4,7-10H2. The predicted molar refractivity (Wildman–Crippen MR) is 78.0 cm³/mol. The first-order valence-corrected chi connectivity index (χ1v) is 7.73. The van der Waals surface area contributed by atoms with Crippen LogP contribution >= 0.6 is 15.9 Å². The van der Waals surface area contributed by atoms with Gasteiger partial charge in [0.25, 0.3) is 0 Å². The van der Waals surface area contributed by atoms with Crippen LogP contribution < -0.4 is 4.90 Å². The molecule has 0 radical (unpaired) electrons. The summed E-state index contributed by atoms with van der Waals surface area (Å²) in [4.78, 5) is 9.72. The van der Waals surface area contributed by atoms with Crippen LogP contribution in [0.25, 0.3) is 0 Å². The molecule has 18 heavy (non-hydrogen) atoms. The first-order valence-electron chi connectivity index (χ1n) is 6.93. The molecule has 3 aliphatic rings. The van der Waals surface area contributed by atoms with E-state index in [0.29, 0.717) is 6.04 Å². The largest absolute Gasteiger partial charge is 0.352 e. The van der Waals surface area contributed by atoms with Crippen molar-refractivity contribution in [3.05, 3.63) is 22.8 Å². The summed E-state index contributed by atoms with van der Waals surface area (Å²) in [6.07, 6.45) is 7.20. The molecule has 0 spiro atoms. The minimum Gasteiger partial charge on any atom is -0.352 e. The quantitative estimate of drug-likeness (QED) is 0.795. The predicted octanol–water partition coefficient (Wildman–Crippen LogP) is 2.91. The molecular formula is C14H20BrN3. The number of hydrogen-bond donors (Lipinski definition) is 0. The van der Waals surface area contributed by atoms with Crippen LogP contribution in [-0.4, -0.2) is 42.1 Å². The number of nitrogens with zero attached hydrogens (tertiary/aromatic N) is 3. The zero-order valence-corrected chi connectivity index (χ0v) is 12.3. The smallest absolute Gasteiger partial charge is 0.128 e. The average Bonchev–Trinajstić information content (AvgIpc) is 2.29. The fourth-order valence-electron chi connectivity index (χ4n) is 3.16. The van der Waals surface area contributed by atoms with Crippen molar-refractivity contribution >= 4 is 21.7 Å². The topological polar surface area (TPSA) is 19.4 Å². The first kappa shape index (κ1) is 12.4. The highest BCUT2D eigenvalue weighted by molar-refractivity contribution is 9.10. The molecule has 3 saturated heterocycles. The van der Waals surface area contributed by atoms with E-state index in [1.807, 2.05) is 6.20 Å². The first-order chi connectivity index (χ1) is 8.83. The molecule has 4 rings (SSSR count). The molecule has 0 aromatic carbocycles. The van der Waals surface area contributed by atoms with E-state index in [-0.39, 0.29) is 0 Å². The Morgan fingerprint density at radius 3 is 2.50 bits per heavy atom. The lowest BCUT2D eigenvalue weighted by molar-refractivity contribution is 0.217. The van der Waals surface area contributed by atoms with Crippen LogP contribution in [0.15, 0.2) is 22.8 Å². The molecule has 0 amide bonds. The van der Waals surface area contributed by atoms with E-state index in [2.05, 4.69) is 42.8 Å². The van der Waals surface area contributed by atoms with Gasteiger partial charge >= 0.3 is 0 Å². The lowest BCUT2D eigenvalue weighted by Gasteiger charge is -2.40. The second-order valence-electron chi connectivity index (χ2n) is 5.31. The molecule has 0 atom stereocenters. The SMILES string of the molecule is Brc1ccc(N2CCN3CCCC2CCC3)nc1. The molecule has 3 fully saturated rings. The molecule has 0 N–H and O–H groups in total. The van der Waals surface area contributed by atoms with Crippen LogP contribution in [0.1, 0.15) is 25.7 Å². The number of rotatable bonds is 1. The number of hydrogen-bond acceptors (Lipinski definition) is 3. The summed E-state index contributed by atoms with van der Waals surface area (Å²) in [5.74, 6) is 1.15. The normalized spacial score (nSPS) is 28.6. The number of fused-ring (bicyclic) bond motifs is 6. The van der Waals surface area contributed by atoms with E-state index in [4.69, 9.17) is 0 Å². The summed E-state index contributed by atoms with van der Waals surface area (Å²) in [5.41, 5.74) is 0. The van der Waals surface area contributed by atoms with Gasteiger partial charge in [-0.2, -0.15) is 0 Å². The van der Waals surface area contributed by atoms with E-state index in [1.165, 1.54) is 45.3 Å². The number of anilines is 1. The zero-order chi connectivity index (χ0) is 12.4. The monoisotopic (exact) mass is 309 g/mol. The molecule has 0 aliphatic carbocycles. The highest BCUT2D eigenvalue weighted by Gasteiger charge is 2.25. The van der Waals surface area contributed by atoms with Crippen molar-refractivity contribution in [2.75, 3.05) is 31.1 Å². The molecule has 1 aromatic heterocycles. The van der Waals surface area contributed by atoms with Gasteiger partial charge in [-0.05, 0) is 66.8 Å². The van der Waals surface area contributed by atoms with Gasteiger partial charge in [0, 0.05) is 29.8 Å². The molecule has 4 heterocycles. The Morgan fingerprint density at radius 1 is 1.06 bits per heavy atom. The Hall–Kier alpha value is -0.610. The summed E-state index contributed by atoms with van der Waals surface area (Å²) >= 11 is 3.46. The van der Waals surface area contributed by atoms with Crippen LogP contribution in [0, 0.1) is 0 Å². The van der Waals surface area contributed by atoms with E-state index >= 15 is 0 Å². The fraction of sp³-hybridized carbons (Fsp3) is 0.643. The van der Waals surface area contributed by atoms with Gasteiger partial charge in [-0.25, -0.2) is 4.98 Å². The van der Waals surface area contributed by atoms with E-state index in [0.717, 1.165) is 16.8 Å². The molecule has 0 saturated carbocycles. The van der Waals surface area contributed by atoms with Crippen molar-refractivity contribution in [3.63, 3.8) is 0 Å². The molecule has 1 aromatic rings. The van der Waals surface area contributed by atoms with Crippen molar-refractivity contribution in [2.24, 2.45) is 0 Å². The van der Waals surface area contributed by atoms with Gasteiger partial charge in [0.15, 0.2) is 0 Å². The number of halogens is 1. The minimum absolute atomic E-state index is 0.695. The molecule has 3 aliphatic heterocycles. The van der Waals surface area contributed by atoms with Gasteiger partial charge in [0.05, 0.1) is 0 Å². The second-order valence-corrected chi connectivity index (χ2v) is 6.22. The zero-order valence-electron chi connectivity index (χ0n) is 10.7. The van der Waals surface area contributed by atoms with Crippen LogP contribution in [0.5, 0.6) is 0 Å². The van der Waals surface area contributed by atoms with E-state index in [9.17, 15) is 0 Å². The maximum absolute atomic E-state index is 4.58. The Kier molecular flexibility index (Phi) is 3.85. The second kappa shape index (κ2) is 5.57. The van der Waals surface area contributed by atoms with Gasteiger partial charge < -0.3 is 9.80 Å². The molecule has 2 bridgehead atoms. The Labute approximate surface area is 117 Å². The highest BCUT2D eigenvalue weighted by Crippen LogP contribution is 2.25. The number of pyridine rings is 1. The van der Waals surface area contributed by atoms with Gasteiger partial charge in [-0.3, -0.25) is 0 Å². The van der Waals surface area contributed by atoms with Gasteiger partial charge in [0.1, 0.15) is 5.82 Å². The highest BCUT2D eigenvalue weighted by atomic mass is 79.9. The van der Waals surface area contributed by atoms with Crippen molar-refractivity contribution in [1.29, 1.82) is 0 Å². The van der Waals surface area contributed by atoms with Gasteiger partial charge in [-0.1, -0.05) is 0 Å². The lowest BCUT2D eigenvalue weighted by atomic mass is 9.99. The fourth-order valence-corrected chi connectivity index (χ4v) is 3.40. The summed E-state index contributed by atoms with van der Waals surface area (Å²) in [5, 5.41) is 0. The molecule has 0 unspecified atom stereocenters. The summed E-state index contributed by atoms with van der Waals surface area (Å²) < 4.78 is 1.06. The summed E-state index contributed by atoms with van der Waals surface area (Å²) in [6, 6.07) is 4.94. The third-order valence-corrected chi connectivity index (χ3v) is 4.60. The van der Waals surface area contributed by atoms with Crippen LogP contribution in [0.3, 0.4) is 0 Å². The van der Waals surface area contributed by atoms with Crippen LogP contribution in [0.4, 0.5) is 5.82 Å². The molecule has 4 heteroatoms. The van der Waals surface area contributed by atoms with Crippen molar-refractivity contribution in [1.82, 2.24) is 9.88 Å². The van der Waals surface area contributed by atoms with Crippen molar-refractivity contribution in [3.8, 4) is 0 Å². The van der Waals surface area contributed by atoms with E-state index in [1.54, 1.807) is 0 Å². The molecule has 98 valence electrons. The summed E-state index contributed by atoms with van der Waals surface area (Å²) in [6.45, 7) is 4.89. The lowest BCUT2D eigenvalue weighted by Crippen LogP contribution is -2.47. The Bertz CT molecular complexity index is 383. The molecular weight excluding hydrogens is 290 g/mol. The Balaban J connectivity index is 1.83. The Morgan fingerprint density at radius 2 is 1.83 bits per heavy atom. The molecule has 3 nitrogen and oxygen atoms in total. The van der Waals surface area contributed by atoms with Crippen molar-refractivity contribution < 1.29 is 0 Å². The average molecular weight is 310 g/mol. The van der Waals surface area contributed by atoms with Crippen LogP contribution in [-0.2, 0) is 0 Å². The minimum atomic E-state index is 0.695. The van der Waals surface area contributed by atoms with Crippen molar-refractivity contribution in [2.45, 2.75) is 31.7 Å². The number of aromatic nitrogens is 1. The third kappa shape index (κ3) is 2.69. The maximum Gasteiger partial charge on any atom is 0.128 e. The third-order valence-electron chi connectivity index (χ3n) is 4.13.